The summed E-state index contributed by atoms with van der Waals surface area (Å²) in [7, 11) is 0. The van der Waals surface area contributed by atoms with Crippen LogP contribution < -0.4 is 5.48 Å². The summed E-state index contributed by atoms with van der Waals surface area (Å²) in [5, 5.41) is 0.503. The number of piperazine rings is 1. The lowest BCUT2D eigenvalue weighted by Gasteiger charge is -2.56. The summed E-state index contributed by atoms with van der Waals surface area (Å²) < 4.78 is 24.7. The number of nitrogens with one attached hydrogen (secondary N) is 1. The first-order valence-corrected chi connectivity index (χ1v) is 12.3. The molecule has 1 N–H and O–H groups in total. The monoisotopic (exact) mass is 518 g/mol. The molecule has 0 saturated carbocycles. The average molecular weight is 519 g/mol. The Labute approximate surface area is 211 Å². The molecule has 4 fully saturated rings. The van der Waals surface area contributed by atoms with Crippen molar-refractivity contribution >= 4 is 47.6 Å². The molecule has 2 amide bonds. The van der Waals surface area contributed by atoms with E-state index < -0.39 is 6.09 Å². The molecule has 0 aliphatic carbocycles. The third-order valence-electron chi connectivity index (χ3n) is 6.27. The van der Waals surface area contributed by atoms with E-state index in [0.29, 0.717) is 23.9 Å². The van der Waals surface area contributed by atoms with E-state index in [-0.39, 0.29) is 23.8 Å². The van der Waals surface area contributed by atoms with E-state index in [1.165, 1.54) is 16.4 Å². The van der Waals surface area contributed by atoms with Gasteiger partial charge in [-0.3, -0.25) is 15.2 Å². The van der Waals surface area contributed by atoms with E-state index in [9.17, 15) is 14.0 Å². The van der Waals surface area contributed by atoms with Crippen molar-refractivity contribution in [3.8, 4) is 0 Å². The molecule has 8 nitrogen and oxygen atoms in total. The van der Waals surface area contributed by atoms with Crippen molar-refractivity contribution < 1.29 is 23.0 Å². The minimum absolute atomic E-state index is 0.0383. The zero-order chi connectivity index (χ0) is 24.4. The van der Waals surface area contributed by atoms with E-state index in [0.717, 1.165) is 49.4 Å². The van der Waals surface area contributed by atoms with Gasteiger partial charge in [0.15, 0.2) is 0 Å². The number of hydrogen-bond acceptors (Lipinski definition) is 7. The highest BCUT2D eigenvalue weighted by atomic mass is 35.5. The van der Waals surface area contributed by atoms with Crippen molar-refractivity contribution in [1.82, 2.24) is 14.1 Å². The second kappa shape index (κ2) is 10.4. The quantitative estimate of drug-likeness (QED) is 0.241. The number of halogens is 2. The lowest BCUT2D eigenvalue weighted by Crippen LogP contribution is -2.69. The minimum Gasteiger partial charge on any atom is -0.447 e. The number of nitrogens with zero attached hydrogens (tertiary/aromatic N) is 3. The summed E-state index contributed by atoms with van der Waals surface area (Å²) in [5.74, 6) is -0.275. The fourth-order valence-electron chi connectivity index (χ4n) is 4.60. The summed E-state index contributed by atoms with van der Waals surface area (Å²) >= 11 is 6.96. The zero-order valence-electron chi connectivity index (χ0n) is 18.7. The standard InChI is InChI=1S/C24H24ClFN4O4S/c25-18-5-3-17(22(11-18)27-34-35-29-9-10-33-24(29)32)4-8-23(31)30-20-12-21(30)15-28(14-20)13-16-1-6-19(26)7-2-16/h1-8,11,20-21,27H,9-10,12-15H2/b8-4+. The van der Waals surface area contributed by atoms with Gasteiger partial charge in [0.05, 0.1) is 12.2 Å². The van der Waals surface area contributed by atoms with Crippen LogP contribution >= 0.6 is 23.8 Å². The van der Waals surface area contributed by atoms with Crippen LogP contribution in [0.1, 0.15) is 17.5 Å². The molecule has 35 heavy (non-hydrogen) atoms. The molecule has 2 bridgehead atoms. The summed E-state index contributed by atoms with van der Waals surface area (Å²) in [5.41, 5.74) is 5.13. The molecule has 2 aromatic carbocycles. The summed E-state index contributed by atoms with van der Waals surface area (Å²) in [6, 6.07) is 12.1. The van der Waals surface area contributed by atoms with Crippen molar-refractivity contribution in [2.75, 3.05) is 31.7 Å². The van der Waals surface area contributed by atoms with Gasteiger partial charge in [-0.2, -0.15) is 4.28 Å². The highest BCUT2D eigenvalue weighted by Gasteiger charge is 2.46. The SMILES string of the molecule is O=C1OCCN1SONc1cc(Cl)ccc1/C=C/C(=O)N1C2CC1CN(Cc1ccc(F)cc1)C2. The Kier molecular flexibility index (Phi) is 7.14. The van der Waals surface area contributed by atoms with Crippen molar-refractivity contribution in [2.45, 2.75) is 25.0 Å². The number of amides is 2. The number of cyclic esters (lactones) is 1. The van der Waals surface area contributed by atoms with Gasteiger partial charge in [-0.15, -0.1) is 0 Å². The zero-order valence-corrected chi connectivity index (χ0v) is 20.3. The first kappa shape index (κ1) is 23.9. The van der Waals surface area contributed by atoms with Gasteiger partial charge in [0, 0.05) is 48.4 Å². The normalized spacial score (nSPS) is 21.8. The molecule has 2 unspecified atom stereocenters. The fraction of sp³-hybridized carbons (Fsp3) is 0.333. The van der Waals surface area contributed by atoms with Crippen LogP contribution in [0, 0.1) is 5.82 Å². The average Bonchev–Trinajstić information content (AvgIpc) is 3.24. The van der Waals surface area contributed by atoms with E-state index in [1.54, 1.807) is 42.5 Å². The van der Waals surface area contributed by atoms with E-state index in [1.807, 2.05) is 4.90 Å². The number of piperidine rings is 1. The molecular formula is C24H24ClFN4O4S. The van der Waals surface area contributed by atoms with Gasteiger partial charge in [0.2, 0.25) is 5.91 Å². The number of ether oxygens (including phenoxy) is 1. The number of fused-ring (bicyclic) bond motifs is 2. The largest absolute Gasteiger partial charge is 0.447 e. The molecular weight excluding hydrogens is 495 g/mol. The van der Waals surface area contributed by atoms with E-state index >= 15 is 0 Å². The first-order chi connectivity index (χ1) is 17.0. The third-order valence-corrected chi connectivity index (χ3v) is 7.17. The molecule has 2 atom stereocenters. The van der Waals surface area contributed by atoms with Crippen molar-refractivity contribution in [1.29, 1.82) is 0 Å². The van der Waals surface area contributed by atoms with Crippen LogP contribution in [-0.2, 0) is 20.4 Å². The molecule has 0 spiro atoms. The van der Waals surface area contributed by atoms with Gasteiger partial charge >= 0.3 is 6.09 Å². The number of hydrogen-bond donors (Lipinski definition) is 1. The third kappa shape index (κ3) is 5.56. The molecule has 4 saturated heterocycles. The van der Waals surface area contributed by atoms with Gasteiger partial charge in [-0.25, -0.2) is 13.5 Å². The number of benzene rings is 2. The molecule has 6 rings (SSSR count). The lowest BCUT2D eigenvalue weighted by atomic mass is 9.87. The predicted molar refractivity (Wildman–Crippen MR) is 132 cm³/mol. The van der Waals surface area contributed by atoms with Gasteiger partial charge in [-0.1, -0.05) is 29.8 Å². The Bertz CT molecular complexity index is 1120. The molecule has 4 aliphatic heterocycles. The Morgan fingerprint density at radius 3 is 2.71 bits per heavy atom. The Morgan fingerprint density at radius 2 is 2.00 bits per heavy atom. The van der Waals surface area contributed by atoms with E-state index in [2.05, 4.69) is 10.4 Å². The molecule has 0 radical (unpaired) electrons. The highest BCUT2D eigenvalue weighted by Crippen LogP contribution is 2.33. The van der Waals surface area contributed by atoms with Crippen LogP contribution in [0.25, 0.3) is 6.08 Å². The number of carbonyl (C=O) groups is 2. The fourth-order valence-corrected chi connectivity index (χ4v) is 5.25. The Balaban J connectivity index is 1.16. The second-order valence-corrected chi connectivity index (χ2v) is 9.84. The van der Waals surface area contributed by atoms with Crippen LogP contribution in [0.3, 0.4) is 0 Å². The van der Waals surface area contributed by atoms with E-state index in [4.69, 9.17) is 20.6 Å². The van der Waals surface area contributed by atoms with Crippen LogP contribution in [0.4, 0.5) is 14.9 Å². The smallest absolute Gasteiger partial charge is 0.421 e. The number of carbonyl (C=O) groups excluding carboxylic acids is 2. The van der Waals surface area contributed by atoms with Crippen molar-refractivity contribution in [2.24, 2.45) is 0 Å². The summed E-state index contributed by atoms with van der Waals surface area (Å²) in [4.78, 5) is 28.7. The summed E-state index contributed by atoms with van der Waals surface area (Å²) in [6.45, 7) is 3.10. The Morgan fingerprint density at radius 1 is 1.23 bits per heavy atom. The maximum atomic E-state index is 13.2. The minimum atomic E-state index is -0.454. The number of rotatable bonds is 8. The van der Waals surface area contributed by atoms with Crippen molar-refractivity contribution in [3.05, 3.63) is 70.5 Å². The van der Waals surface area contributed by atoms with Gasteiger partial charge in [0.25, 0.3) is 0 Å². The molecule has 4 heterocycles. The topological polar surface area (TPSA) is 74.3 Å². The molecule has 4 aliphatic rings. The van der Waals surface area contributed by atoms with Gasteiger partial charge < -0.3 is 9.64 Å². The van der Waals surface area contributed by atoms with Crippen LogP contribution in [0.2, 0.25) is 5.02 Å². The van der Waals surface area contributed by atoms with Crippen molar-refractivity contribution in [3.63, 3.8) is 0 Å². The molecule has 184 valence electrons. The van der Waals surface area contributed by atoms with Crippen LogP contribution in [0.15, 0.2) is 48.5 Å². The maximum absolute atomic E-state index is 13.2. The predicted octanol–water partition coefficient (Wildman–Crippen LogP) is 4.34. The highest BCUT2D eigenvalue weighted by molar-refractivity contribution is 7.92. The van der Waals surface area contributed by atoms with Crippen LogP contribution in [0.5, 0.6) is 0 Å². The second-order valence-electron chi connectivity index (χ2n) is 8.65. The van der Waals surface area contributed by atoms with Gasteiger partial charge in [-0.05, 0) is 42.3 Å². The molecule has 11 heteroatoms. The summed E-state index contributed by atoms with van der Waals surface area (Å²) in [6.07, 6.45) is 3.83. The first-order valence-electron chi connectivity index (χ1n) is 11.3. The Hall–Kier alpha value is -2.79. The molecule has 0 aromatic heterocycles. The maximum Gasteiger partial charge on any atom is 0.421 e. The number of anilines is 1. The lowest BCUT2D eigenvalue weighted by molar-refractivity contribution is -0.148. The van der Waals surface area contributed by atoms with Crippen LogP contribution in [-0.4, -0.2) is 64.4 Å². The van der Waals surface area contributed by atoms with Gasteiger partial charge in [0.1, 0.15) is 24.7 Å². The molecule has 2 aromatic rings.